The van der Waals surface area contributed by atoms with Crippen LogP contribution < -0.4 is 10.6 Å². The molecule has 0 aliphatic rings. The van der Waals surface area contributed by atoms with E-state index >= 15 is 0 Å². The van der Waals surface area contributed by atoms with Gasteiger partial charge in [-0.3, -0.25) is 9.48 Å². The lowest BCUT2D eigenvalue weighted by Gasteiger charge is -2.10. The van der Waals surface area contributed by atoms with E-state index in [2.05, 4.69) is 22.7 Å². The number of amides is 1. The molecule has 1 aromatic rings. The van der Waals surface area contributed by atoms with Crippen LogP contribution in [0.25, 0.3) is 0 Å². The molecule has 1 unspecified atom stereocenters. The molecule has 0 fully saturated rings. The van der Waals surface area contributed by atoms with Crippen molar-refractivity contribution in [2.24, 2.45) is 0 Å². The zero-order chi connectivity index (χ0) is 10.6. The molecule has 5 nitrogen and oxygen atoms in total. The van der Waals surface area contributed by atoms with Gasteiger partial charge in [0.15, 0.2) is 0 Å². The monoisotopic (exact) mass is 196 g/mol. The summed E-state index contributed by atoms with van der Waals surface area (Å²) < 4.78 is 1.82. The van der Waals surface area contributed by atoms with Crippen LogP contribution in [0.3, 0.4) is 0 Å². The molecule has 78 valence electrons. The van der Waals surface area contributed by atoms with Gasteiger partial charge in [0.2, 0.25) is 5.91 Å². The van der Waals surface area contributed by atoms with Crippen LogP contribution in [-0.2, 0) is 4.79 Å². The molecular formula is C9H16N4O. The zero-order valence-electron chi connectivity index (χ0n) is 8.74. The Kier molecular flexibility index (Phi) is 3.64. The van der Waals surface area contributed by atoms with Crippen LogP contribution in [0, 0.1) is 0 Å². The third-order valence-electron chi connectivity index (χ3n) is 1.87. The van der Waals surface area contributed by atoms with Gasteiger partial charge in [-0.25, -0.2) is 0 Å². The minimum Gasteiger partial charge on any atom is -0.324 e. The molecule has 2 N–H and O–H groups in total. The lowest BCUT2D eigenvalue weighted by molar-refractivity contribution is -0.114. The normalized spacial score (nSPS) is 12.5. The molecule has 1 atom stereocenters. The lowest BCUT2D eigenvalue weighted by atomic mass is 10.3. The predicted octanol–water partition coefficient (Wildman–Crippen LogP) is 0.622. The molecule has 5 heteroatoms. The first-order valence-electron chi connectivity index (χ1n) is 4.60. The number of hydrogen-bond donors (Lipinski definition) is 2. The number of hydrogen-bond acceptors (Lipinski definition) is 3. The van der Waals surface area contributed by atoms with Crippen molar-refractivity contribution in [3.8, 4) is 0 Å². The highest BCUT2D eigenvalue weighted by molar-refractivity contribution is 5.88. The molecule has 1 heterocycles. The van der Waals surface area contributed by atoms with Crippen LogP contribution in [0.2, 0.25) is 0 Å². The molecule has 0 spiro atoms. The van der Waals surface area contributed by atoms with E-state index in [0.29, 0.717) is 0 Å². The second kappa shape index (κ2) is 4.76. The first-order chi connectivity index (χ1) is 6.63. The summed E-state index contributed by atoms with van der Waals surface area (Å²) in [4.78, 5) is 10.8. The van der Waals surface area contributed by atoms with E-state index in [1.165, 1.54) is 6.92 Å². The van der Waals surface area contributed by atoms with Crippen LogP contribution in [0.4, 0.5) is 5.69 Å². The third kappa shape index (κ3) is 2.85. The fourth-order valence-corrected chi connectivity index (χ4v) is 1.24. The SMILES string of the molecule is CNCC(C)n1cc(NC(C)=O)cn1. The van der Waals surface area contributed by atoms with Gasteiger partial charge in [-0.15, -0.1) is 0 Å². The van der Waals surface area contributed by atoms with Gasteiger partial charge in [0, 0.05) is 19.7 Å². The van der Waals surface area contributed by atoms with Crippen LogP contribution in [0.5, 0.6) is 0 Å². The maximum absolute atomic E-state index is 10.8. The van der Waals surface area contributed by atoms with Crippen molar-refractivity contribution in [1.82, 2.24) is 15.1 Å². The summed E-state index contributed by atoms with van der Waals surface area (Å²) >= 11 is 0. The van der Waals surface area contributed by atoms with Gasteiger partial charge in [-0.2, -0.15) is 5.10 Å². The Morgan fingerprint density at radius 3 is 3.00 bits per heavy atom. The van der Waals surface area contributed by atoms with Crippen molar-refractivity contribution < 1.29 is 4.79 Å². The van der Waals surface area contributed by atoms with E-state index in [4.69, 9.17) is 0 Å². The largest absolute Gasteiger partial charge is 0.324 e. The van der Waals surface area contributed by atoms with E-state index in [9.17, 15) is 4.79 Å². The Balaban J connectivity index is 2.62. The summed E-state index contributed by atoms with van der Waals surface area (Å²) in [6, 6.07) is 0.280. The number of carbonyl (C=O) groups is 1. The van der Waals surface area contributed by atoms with Gasteiger partial charge in [0.25, 0.3) is 0 Å². The molecule has 0 saturated carbocycles. The Labute approximate surface area is 83.5 Å². The van der Waals surface area contributed by atoms with E-state index in [-0.39, 0.29) is 11.9 Å². The van der Waals surface area contributed by atoms with Crippen molar-refractivity contribution >= 4 is 11.6 Å². The first-order valence-corrected chi connectivity index (χ1v) is 4.60. The van der Waals surface area contributed by atoms with Gasteiger partial charge in [-0.1, -0.05) is 0 Å². The molecule has 0 radical (unpaired) electrons. The molecule has 0 aromatic carbocycles. The van der Waals surface area contributed by atoms with E-state index < -0.39 is 0 Å². The first kappa shape index (κ1) is 10.7. The fourth-order valence-electron chi connectivity index (χ4n) is 1.24. The summed E-state index contributed by atoms with van der Waals surface area (Å²) in [6.45, 7) is 4.39. The molecule has 1 aromatic heterocycles. The van der Waals surface area contributed by atoms with Crippen LogP contribution in [0.1, 0.15) is 19.9 Å². The number of likely N-dealkylation sites (N-methyl/N-ethyl adjacent to an activating group) is 1. The molecule has 1 rings (SSSR count). The average Bonchev–Trinajstić information content (AvgIpc) is 2.52. The highest BCUT2D eigenvalue weighted by Gasteiger charge is 2.05. The maximum atomic E-state index is 10.8. The minimum absolute atomic E-state index is 0.0779. The number of anilines is 1. The van der Waals surface area contributed by atoms with Crippen LogP contribution in [-0.4, -0.2) is 29.3 Å². The Hall–Kier alpha value is -1.36. The van der Waals surface area contributed by atoms with E-state index in [0.717, 1.165) is 12.2 Å². The summed E-state index contributed by atoms with van der Waals surface area (Å²) in [5.74, 6) is -0.0779. The molecule has 0 aliphatic heterocycles. The number of rotatable bonds is 4. The maximum Gasteiger partial charge on any atom is 0.221 e. The average molecular weight is 196 g/mol. The Morgan fingerprint density at radius 2 is 2.43 bits per heavy atom. The van der Waals surface area contributed by atoms with E-state index in [1.807, 2.05) is 17.9 Å². The van der Waals surface area contributed by atoms with Crippen molar-refractivity contribution in [1.29, 1.82) is 0 Å². The molecule has 14 heavy (non-hydrogen) atoms. The number of carbonyl (C=O) groups excluding carboxylic acids is 1. The number of nitrogens with one attached hydrogen (secondary N) is 2. The lowest BCUT2D eigenvalue weighted by Crippen LogP contribution is -2.20. The van der Waals surface area contributed by atoms with Crippen molar-refractivity contribution in [2.75, 3.05) is 18.9 Å². The predicted molar refractivity (Wildman–Crippen MR) is 55.2 cm³/mol. The summed E-state index contributed by atoms with van der Waals surface area (Å²) in [7, 11) is 1.90. The smallest absolute Gasteiger partial charge is 0.221 e. The Morgan fingerprint density at radius 1 is 1.71 bits per heavy atom. The quantitative estimate of drug-likeness (QED) is 0.742. The molecule has 0 aliphatic carbocycles. The van der Waals surface area contributed by atoms with Crippen molar-refractivity contribution in [3.05, 3.63) is 12.4 Å². The van der Waals surface area contributed by atoms with Crippen molar-refractivity contribution in [2.45, 2.75) is 19.9 Å². The Bertz CT molecular complexity index is 308. The molecule has 0 saturated heterocycles. The van der Waals surface area contributed by atoms with Crippen LogP contribution >= 0.6 is 0 Å². The van der Waals surface area contributed by atoms with Gasteiger partial charge < -0.3 is 10.6 Å². The van der Waals surface area contributed by atoms with E-state index in [1.54, 1.807) is 6.20 Å². The number of aromatic nitrogens is 2. The van der Waals surface area contributed by atoms with Crippen LogP contribution in [0.15, 0.2) is 12.4 Å². The van der Waals surface area contributed by atoms with Gasteiger partial charge in [-0.05, 0) is 14.0 Å². The molecule has 1 amide bonds. The second-order valence-corrected chi connectivity index (χ2v) is 3.30. The minimum atomic E-state index is -0.0779. The van der Waals surface area contributed by atoms with Gasteiger partial charge >= 0.3 is 0 Å². The third-order valence-corrected chi connectivity index (χ3v) is 1.87. The highest BCUT2D eigenvalue weighted by atomic mass is 16.1. The molecular weight excluding hydrogens is 180 g/mol. The van der Waals surface area contributed by atoms with Gasteiger partial charge in [0.05, 0.1) is 17.9 Å². The second-order valence-electron chi connectivity index (χ2n) is 3.30. The topological polar surface area (TPSA) is 59.0 Å². The standard InChI is InChI=1S/C9H16N4O/c1-7(4-10-3)13-6-9(5-11-13)12-8(2)14/h5-7,10H,4H2,1-3H3,(H,12,14). The van der Waals surface area contributed by atoms with Crippen molar-refractivity contribution in [3.63, 3.8) is 0 Å². The highest BCUT2D eigenvalue weighted by Crippen LogP contribution is 2.09. The summed E-state index contributed by atoms with van der Waals surface area (Å²) in [5.41, 5.74) is 0.737. The fraction of sp³-hybridized carbons (Fsp3) is 0.556. The zero-order valence-corrected chi connectivity index (χ0v) is 8.74. The molecule has 0 bridgehead atoms. The summed E-state index contributed by atoms with van der Waals surface area (Å²) in [5, 5.41) is 9.90. The summed E-state index contributed by atoms with van der Waals surface area (Å²) in [6.07, 6.45) is 3.47. The van der Waals surface area contributed by atoms with Gasteiger partial charge in [0.1, 0.15) is 0 Å². The number of nitrogens with zero attached hydrogens (tertiary/aromatic N) is 2.